The highest BCUT2D eigenvalue weighted by Crippen LogP contribution is 2.24. The number of hydrogen-bond donors (Lipinski definition) is 0. The number of rotatable bonds is 1. The van der Waals surface area contributed by atoms with Crippen molar-refractivity contribution >= 4 is 22.1 Å². The van der Waals surface area contributed by atoms with E-state index in [0.29, 0.717) is 5.92 Å². The molecule has 2 heteroatoms. The monoisotopic (exact) mass is 235 g/mol. The third-order valence-electron chi connectivity index (χ3n) is 2.15. The number of nitrogens with zero attached hydrogens (tertiary/aromatic N) is 1. The van der Waals surface area contributed by atoms with E-state index in [-0.39, 0.29) is 0 Å². The van der Waals surface area contributed by atoms with Crippen LogP contribution in [0.15, 0.2) is 46.0 Å². The van der Waals surface area contributed by atoms with Crippen molar-refractivity contribution in [1.29, 1.82) is 0 Å². The Hall–Kier alpha value is -0.890. The van der Waals surface area contributed by atoms with Crippen LogP contribution in [0.4, 0.5) is 0 Å². The first-order valence-electron chi connectivity index (χ1n) is 4.31. The summed E-state index contributed by atoms with van der Waals surface area (Å²) in [6.45, 7) is 0. The first kappa shape index (κ1) is 8.70. The Morgan fingerprint density at radius 2 is 2.00 bits per heavy atom. The van der Waals surface area contributed by atoms with Gasteiger partial charge in [0.25, 0.3) is 0 Å². The molecule has 1 aliphatic rings. The molecule has 1 aromatic rings. The lowest BCUT2D eigenvalue weighted by molar-refractivity contribution is 0.907. The lowest BCUT2D eigenvalue weighted by Gasteiger charge is -2.13. The van der Waals surface area contributed by atoms with Crippen molar-refractivity contribution < 1.29 is 0 Å². The van der Waals surface area contributed by atoms with Crippen LogP contribution in [0.25, 0.3) is 0 Å². The summed E-state index contributed by atoms with van der Waals surface area (Å²) in [5, 5.41) is 0. The number of allylic oxidation sites excluding steroid dienone is 1. The molecule has 0 saturated carbocycles. The summed E-state index contributed by atoms with van der Waals surface area (Å²) < 4.78 is 0.944. The van der Waals surface area contributed by atoms with Crippen LogP contribution >= 0.6 is 15.9 Å². The first-order valence-corrected chi connectivity index (χ1v) is 5.10. The summed E-state index contributed by atoms with van der Waals surface area (Å²) in [7, 11) is 0. The van der Waals surface area contributed by atoms with Crippen LogP contribution in [0.5, 0.6) is 0 Å². The quantitative estimate of drug-likeness (QED) is 0.662. The Morgan fingerprint density at radius 3 is 2.62 bits per heavy atom. The van der Waals surface area contributed by atoms with Crippen LogP contribution in [-0.4, -0.2) is 6.21 Å². The van der Waals surface area contributed by atoms with Crippen molar-refractivity contribution in [3.05, 3.63) is 46.6 Å². The molecule has 1 aromatic carbocycles. The zero-order valence-electron chi connectivity index (χ0n) is 7.15. The van der Waals surface area contributed by atoms with Crippen LogP contribution in [0.1, 0.15) is 17.9 Å². The fraction of sp³-hybridized carbons (Fsp3) is 0.182. The second kappa shape index (κ2) is 3.88. The second-order valence-corrected chi connectivity index (χ2v) is 3.87. The number of aliphatic imine (C=N–C) groups is 1. The first-order chi connectivity index (χ1) is 6.36. The molecule has 66 valence electrons. The summed E-state index contributed by atoms with van der Waals surface area (Å²) >= 11 is 3.35. The van der Waals surface area contributed by atoms with E-state index >= 15 is 0 Å². The van der Waals surface area contributed by atoms with Gasteiger partial charge in [0.05, 0.1) is 0 Å². The molecule has 0 saturated heterocycles. The van der Waals surface area contributed by atoms with Crippen molar-refractivity contribution in [3.63, 3.8) is 0 Å². The van der Waals surface area contributed by atoms with Gasteiger partial charge in [-0.15, -0.1) is 0 Å². The molecule has 1 unspecified atom stereocenters. The summed E-state index contributed by atoms with van der Waals surface area (Å²) in [5.41, 5.74) is 1.34. The maximum absolute atomic E-state index is 4.24. The fourth-order valence-corrected chi connectivity index (χ4v) is 1.73. The summed E-state index contributed by atoms with van der Waals surface area (Å²) in [4.78, 5) is 4.24. The molecule has 0 radical (unpaired) electrons. The van der Waals surface area contributed by atoms with E-state index in [1.165, 1.54) is 5.56 Å². The van der Waals surface area contributed by atoms with Gasteiger partial charge in [0.15, 0.2) is 0 Å². The molecule has 0 fully saturated rings. The molecule has 0 bridgehead atoms. The molecule has 1 nitrogen and oxygen atoms in total. The van der Waals surface area contributed by atoms with Crippen molar-refractivity contribution in [1.82, 2.24) is 0 Å². The second-order valence-electron chi connectivity index (χ2n) is 3.06. The minimum absolute atomic E-state index is 0.447. The summed E-state index contributed by atoms with van der Waals surface area (Å²) in [6.07, 6.45) is 5.14. The molecule has 0 aromatic heterocycles. The highest BCUT2D eigenvalue weighted by atomic mass is 79.9. The highest BCUT2D eigenvalue weighted by Gasteiger charge is 2.10. The normalized spacial score (nSPS) is 21.3. The zero-order chi connectivity index (χ0) is 9.10. The van der Waals surface area contributed by atoms with Gasteiger partial charge >= 0.3 is 0 Å². The molecule has 0 N–H and O–H groups in total. The Bertz CT molecular complexity index is 340. The Kier molecular flexibility index (Phi) is 2.60. The summed E-state index contributed by atoms with van der Waals surface area (Å²) in [6, 6.07) is 10.5. The Labute approximate surface area is 86.3 Å². The van der Waals surface area contributed by atoms with Gasteiger partial charge in [-0.05, 0) is 27.9 Å². The molecule has 1 aliphatic heterocycles. The van der Waals surface area contributed by atoms with Gasteiger partial charge in [-0.2, -0.15) is 0 Å². The zero-order valence-corrected chi connectivity index (χ0v) is 8.74. The Balaban J connectivity index is 2.18. The number of benzene rings is 1. The lowest BCUT2D eigenvalue weighted by atomic mass is 9.96. The molecule has 13 heavy (non-hydrogen) atoms. The van der Waals surface area contributed by atoms with E-state index in [2.05, 4.69) is 51.3 Å². The van der Waals surface area contributed by atoms with E-state index < -0.39 is 0 Å². The van der Waals surface area contributed by atoms with Crippen molar-refractivity contribution in [3.8, 4) is 0 Å². The average molecular weight is 236 g/mol. The topological polar surface area (TPSA) is 12.4 Å². The van der Waals surface area contributed by atoms with Crippen LogP contribution in [0.3, 0.4) is 0 Å². The predicted octanol–water partition coefficient (Wildman–Crippen LogP) is 3.48. The van der Waals surface area contributed by atoms with Crippen LogP contribution in [0.2, 0.25) is 0 Å². The fourth-order valence-electron chi connectivity index (χ4n) is 1.42. The molecule has 0 spiro atoms. The van der Waals surface area contributed by atoms with Crippen molar-refractivity contribution in [2.75, 3.05) is 0 Å². The van der Waals surface area contributed by atoms with Gasteiger partial charge in [-0.3, -0.25) is 4.99 Å². The molecule has 0 amide bonds. The minimum atomic E-state index is 0.447. The minimum Gasteiger partial charge on any atom is -0.253 e. The van der Waals surface area contributed by atoms with E-state index in [1.807, 2.05) is 12.3 Å². The van der Waals surface area contributed by atoms with E-state index in [9.17, 15) is 0 Å². The third-order valence-corrected chi connectivity index (χ3v) is 2.67. The van der Waals surface area contributed by atoms with Gasteiger partial charge in [0, 0.05) is 12.1 Å². The molecule has 0 aliphatic carbocycles. The number of halogens is 1. The van der Waals surface area contributed by atoms with Gasteiger partial charge < -0.3 is 0 Å². The Morgan fingerprint density at radius 1 is 1.23 bits per heavy atom. The van der Waals surface area contributed by atoms with Crippen LogP contribution in [0, 0.1) is 0 Å². The smallest absolute Gasteiger partial charge is 0.101 e. The van der Waals surface area contributed by atoms with Crippen LogP contribution in [-0.2, 0) is 0 Å². The summed E-state index contributed by atoms with van der Waals surface area (Å²) in [5.74, 6) is 0.447. The molecular formula is C11H10BrN. The third kappa shape index (κ3) is 2.07. The van der Waals surface area contributed by atoms with Gasteiger partial charge in [0.2, 0.25) is 0 Å². The van der Waals surface area contributed by atoms with E-state index in [4.69, 9.17) is 0 Å². The average Bonchev–Trinajstić information content (AvgIpc) is 2.20. The van der Waals surface area contributed by atoms with Crippen molar-refractivity contribution in [2.24, 2.45) is 4.99 Å². The molecule has 1 atom stereocenters. The van der Waals surface area contributed by atoms with Crippen LogP contribution < -0.4 is 0 Å². The standard InChI is InChI=1S/C11H10BrN/c12-11-7-6-10(8-13-11)9-4-2-1-3-5-9/h1-5,7-8,10H,6H2. The lowest BCUT2D eigenvalue weighted by Crippen LogP contribution is -2.01. The highest BCUT2D eigenvalue weighted by molar-refractivity contribution is 9.11. The molecular weight excluding hydrogens is 226 g/mol. The number of hydrogen-bond acceptors (Lipinski definition) is 1. The maximum Gasteiger partial charge on any atom is 0.101 e. The SMILES string of the molecule is BrC1=CCC(c2ccccc2)C=N1. The van der Waals surface area contributed by atoms with Gasteiger partial charge in [0.1, 0.15) is 4.61 Å². The van der Waals surface area contributed by atoms with Gasteiger partial charge in [-0.1, -0.05) is 36.4 Å². The molecule has 2 rings (SSSR count). The van der Waals surface area contributed by atoms with Crippen molar-refractivity contribution in [2.45, 2.75) is 12.3 Å². The van der Waals surface area contributed by atoms with Gasteiger partial charge in [-0.25, -0.2) is 0 Å². The maximum atomic E-state index is 4.24. The van der Waals surface area contributed by atoms with E-state index in [1.54, 1.807) is 0 Å². The molecule has 1 heterocycles. The largest absolute Gasteiger partial charge is 0.253 e. The van der Waals surface area contributed by atoms with E-state index in [0.717, 1.165) is 11.0 Å². The predicted molar refractivity (Wildman–Crippen MR) is 59.3 cm³/mol.